The molecule has 2 aromatic rings. The van der Waals surface area contributed by atoms with Gasteiger partial charge in [-0.2, -0.15) is 0 Å². The van der Waals surface area contributed by atoms with Crippen LogP contribution in [0.5, 0.6) is 0 Å². The molecule has 5 nitrogen and oxygen atoms in total. The van der Waals surface area contributed by atoms with Crippen molar-refractivity contribution < 1.29 is 4.79 Å². The number of pyridine rings is 2. The van der Waals surface area contributed by atoms with Crippen LogP contribution in [0.4, 0.5) is 11.6 Å². The second kappa shape index (κ2) is 4.14. The van der Waals surface area contributed by atoms with E-state index >= 15 is 0 Å². The number of aromatic nitrogens is 2. The topological polar surface area (TPSA) is 66.9 Å². The lowest BCUT2D eigenvalue weighted by Gasteiger charge is -2.07. The van der Waals surface area contributed by atoms with Crippen LogP contribution >= 0.6 is 0 Å². The molecule has 0 aromatic carbocycles. The molecule has 0 unspecified atom stereocenters. The number of hydrogen-bond donors (Lipinski definition) is 2. The number of fused-ring (bicyclic) bond motifs is 1. The van der Waals surface area contributed by atoms with E-state index < -0.39 is 0 Å². The second-order valence-electron chi connectivity index (χ2n) is 3.36. The quantitative estimate of drug-likeness (QED) is 0.800. The van der Waals surface area contributed by atoms with Crippen LogP contribution in [0.3, 0.4) is 0 Å². The van der Waals surface area contributed by atoms with E-state index in [4.69, 9.17) is 0 Å². The van der Waals surface area contributed by atoms with Crippen LogP contribution < -0.4 is 10.6 Å². The Balaban J connectivity index is 2.58. The first-order valence-electron chi connectivity index (χ1n) is 4.92. The predicted octanol–water partition coefficient (Wildman–Crippen LogP) is 1.63. The molecule has 0 aliphatic heterocycles. The molecule has 0 atom stereocenters. The van der Waals surface area contributed by atoms with E-state index in [-0.39, 0.29) is 5.91 Å². The predicted molar refractivity (Wildman–Crippen MR) is 63.4 cm³/mol. The fraction of sp³-hybridized carbons (Fsp3) is 0.182. The maximum atomic E-state index is 11.0. The third-order valence-corrected chi connectivity index (χ3v) is 2.13. The summed E-state index contributed by atoms with van der Waals surface area (Å²) in [5.41, 5.74) is 0.791. The third kappa shape index (κ3) is 1.93. The molecular formula is C11H12N4O. The van der Waals surface area contributed by atoms with Crippen molar-refractivity contribution >= 4 is 28.4 Å². The summed E-state index contributed by atoms with van der Waals surface area (Å²) < 4.78 is 0. The highest BCUT2D eigenvalue weighted by atomic mass is 16.1. The molecule has 0 bridgehead atoms. The summed E-state index contributed by atoms with van der Waals surface area (Å²) in [6.07, 6.45) is 1.71. The van der Waals surface area contributed by atoms with Crippen LogP contribution in [-0.2, 0) is 4.79 Å². The van der Waals surface area contributed by atoms with Crippen LogP contribution in [0.25, 0.3) is 10.9 Å². The fourth-order valence-corrected chi connectivity index (χ4v) is 1.50. The lowest BCUT2D eigenvalue weighted by Crippen LogP contribution is -2.08. The molecule has 0 saturated heterocycles. The normalized spacial score (nSPS) is 10.1. The Morgan fingerprint density at radius 1 is 1.44 bits per heavy atom. The number of nitrogens with one attached hydrogen (secondary N) is 2. The third-order valence-electron chi connectivity index (χ3n) is 2.13. The van der Waals surface area contributed by atoms with Gasteiger partial charge < -0.3 is 10.6 Å². The number of amides is 1. The summed E-state index contributed by atoms with van der Waals surface area (Å²) in [4.78, 5) is 19.5. The molecule has 0 aliphatic rings. The first-order chi connectivity index (χ1) is 7.70. The Morgan fingerprint density at radius 3 is 2.94 bits per heavy atom. The summed E-state index contributed by atoms with van der Waals surface area (Å²) in [6, 6.07) is 5.57. The highest BCUT2D eigenvalue weighted by Crippen LogP contribution is 2.21. The first-order valence-corrected chi connectivity index (χ1v) is 4.92. The van der Waals surface area contributed by atoms with E-state index in [2.05, 4.69) is 20.6 Å². The van der Waals surface area contributed by atoms with Crippen molar-refractivity contribution in [1.82, 2.24) is 9.97 Å². The van der Waals surface area contributed by atoms with Gasteiger partial charge >= 0.3 is 0 Å². The zero-order valence-corrected chi connectivity index (χ0v) is 9.11. The lowest BCUT2D eigenvalue weighted by atomic mass is 10.2. The van der Waals surface area contributed by atoms with Crippen LogP contribution in [0, 0.1) is 0 Å². The summed E-state index contributed by atoms with van der Waals surface area (Å²) in [5, 5.41) is 6.55. The number of hydrogen-bond acceptors (Lipinski definition) is 4. The highest BCUT2D eigenvalue weighted by Gasteiger charge is 2.06. The van der Waals surface area contributed by atoms with Crippen LogP contribution in [0.1, 0.15) is 6.92 Å². The molecule has 0 spiro atoms. The van der Waals surface area contributed by atoms with Crippen LogP contribution in [0.2, 0.25) is 0 Å². The van der Waals surface area contributed by atoms with Crippen molar-refractivity contribution in [2.75, 3.05) is 17.7 Å². The standard InChI is InChI=1S/C11H12N4O/c1-7(16)14-9-6-8-4-3-5-13-10(8)11(12-2)15-9/h3-6H,1-2H3,(H2,12,14,15,16). The minimum absolute atomic E-state index is 0.141. The molecule has 2 rings (SSSR count). The first kappa shape index (κ1) is 10.4. The summed E-state index contributed by atoms with van der Waals surface area (Å²) >= 11 is 0. The Bertz CT molecular complexity index is 538. The monoisotopic (exact) mass is 216 g/mol. The van der Waals surface area contributed by atoms with Gasteiger partial charge in [0.05, 0.1) is 0 Å². The van der Waals surface area contributed by atoms with Gasteiger partial charge in [0.2, 0.25) is 5.91 Å². The van der Waals surface area contributed by atoms with Crippen molar-refractivity contribution in [3.63, 3.8) is 0 Å². The van der Waals surface area contributed by atoms with Crippen LogP contribution in [0.15, 0.2) is 24.4 Å². The molecule has 2 aromatic heterocycles. The Hall–Kier alpha value is -2.17. The molecule has 0 radical (unpaired) electrons. The molecule has 2 heterocycles. The lowest BCUT2D eigenvalue weighted by molar-refractivity contribution is -0.114. The van der Waals surface area contributed by atoms with Crippen LogP contribution in [-0.4, -0.2) is 22.9 Å². The zero-order chi connectivity index (χ0) is 11.5. The molecule has 0 fully saturated rings. The highest BCUT2D eigenvalue weighted by molar-refractivity contribution is 5.94. The average molecular weight is 216 g/mol. The second-order valence-corrected chi connectivity index (χ2v) is 3.36. The summed E-state index contributed by atoms with van der Waals surface area (Å²) in [5.74, 6) is 1.04. The maximum Gasteiger partial charge on any atom is 0.222 e. The van der Waals surface area contributed by atoms with E-state index in [0.29, 0.717) is 11.6 Å². The van der Waals surface area contributed by atoms with E-state index in [1.54, 1.807) is 19.3 Å². The average Bonchev–Trinajstić information content (AvgIpc) is 2.27. The van der Waals surface area contributed by atoms with Gasteiger partial charge in [0.1, 0.15) is 11.3 Å². The van der Waals surface area contributed by atoms with Gasteiger partial charge in [0.15, 0.2) is 5.82 Å². The summed E-state index contributed by atoms with van der Waals surface area (Å²) in [6.45, 7) is 1.45. The fourth-order valence-electron chi connectivity index (χ4n) is 1.50. The number of nitrogens with zero attached hydrogens (tertiary/aromatic N) is 2. The molecule has 5 heteroatoms. The zero-order valence-electron chi connectivity index (χ0n) is 9.11. The SMILES string of the molecule is CNc1nc(NC(C)=O)cc2cccnc12. The molecular weight excluding hydrogens is 204 g/mol. The van der Waals surface area contributed by atoms with Gasteiger partial charge in [0.25, 0.3) is 0 Å². The van der Waals surface area contributed by atoms with E-state index in [1.165, 1.54) is 6.92 Å². The number of anilines is 2. The molecule has 2 N–H and O–H groups in total. The molecule has 1 amide bonds. The largest absolute Gasteiger partial charge is 0.371 e. The number of carbonyl (C=O) groups excluding carboxylic acids is 1. The molecule has 0 aliphatic carbocycles. The van der Waals surface area contributed by atoms with Crippen molar-refractivity contribution in [3.8, 4) is 0 Å². The van der Waals surface area contributed by atoms with Crippen molar-refractivity contribution in [2.45, 2.75) is 6.92 Å². The Kier molecular flexibility index (Phi) is 2.68. The van der Waals surface area contributed by atoms with Crippen molar-refractivity contribution in [1.29, 1.82) is 0 Å². The molecule has 0 saturated carbocycles. The van der Waals surface area contributed by atoms with E-state index in [0.717, 1.165) is 10.9 Å². The van der Waals surface area contributed by atoms with E-state index in [1.807, 2.05) is 12.1 Å². The van der Waals surface area contributed by atoms with Gasteiger partial charge in [-0.05, 0) is 12.1 Å². The van der Waals surface area contributed by atoms with E-state index in [9.17, 15) is 4.79 Å². The van der Waals surface area contributed by atoms with Gasteiger partial charge in [-0.1, -0.05) is 6.07 Å². The Labute approximate surface area is 92.9 Å². The number of carbonyl (C=O) groups is 1. The van der Waals surface area contributed by atoms with Gasteiger partial charge in [-0.25, -0.2) is 4.98 Å². The van der Waals surface area contributed by atoms with Gasteiger partial charge in [-0.3, -0.25) is 9.78 Å². The smallest absolute Gasteiger partial charge is 0.222 e. The molecule has 16 heavy (non-hydrogen) atoms. The number of rotatable bonds is 2. The molecule has 82 valence electrons. The maximum absolute atomic E-state index is 11.0. The minimum Gasteiger partial charge on any atom is -0.371 e. The van der Waals surface area contributed by atoms with Gasteiger partial charge in [0, 0.05) is 25.6 Å². The minimum atomic E-state index is -0.141. The summed E-state index contributed by atoms with van der Waals surface area (Å²) in [7, 11) is 1.77. The Morgan fingerprint density at radius 2 is 2.25 bits per heavy atom. The van der Waals surface area contributed by atoms with Crippen molar-refractivity contribution in [2.24, 2.45) is 0 Å². The van der Waals surface area contributed by atoms with Crippen molar-refractivity contribution in [3.05, 3.63) is 24.4 Å². The van der Waals surface area contributed by atoms with Gasteiger partial charge in [-0.15, -0.1) is 0 Å².